The van der Waals surface area contributed by atoms with Crippen LogP contribution in [0.2, 0.25) is 5.02 Å². The van der Waals surface area contributed by atoms with E-state index in [1.807, 2.05) is 25.1 Å². The molecule has 0 radical (unpaired) electrons. The molecule has 0 saturated carbocycles. The lowest BCUT2D eigenvalue weighted by atomic mass is 10.1. The van der Waals surface area contributed by atoms with Crippen LogP contribution in [0.4, 0.5) is 0 Å². The molecule has 1 atom stereocenters. The molecule has 2 aromatic carbocycles. The van der Waals surface area contributed by atoms with Crippen LogP contribution in [0.3, 0.4) is 0 Å². The van der Waals surface area contributed by atoms with Gasteiger partial charge in [-0.05, 0) is 31.5 Å². The molecule has 124 valence electrons. The Labute approximate surface area is 146 Å². The van der Waals surface area contributed by atoms with Crippen molar-refractivity contribution in [1.82, 2.24) is 0 Å². The van der Waals surface area contributed by atoms with Gasteiger partial charge in [-0.15, -0.1) is 0 Å². The van der Waals surface area contributed by atoms with Gasteiger partial charge in [-0.2, -0.15) is 0 Å². The van der Waals surface area contributed by atoms with Crippen LogP contribution < -0.4 is 10.5 Å². The summed E-state index contributed by atoms with van der Waals surface area (Å²) in [6.07, 6.45) is 0. The quantitative estimate of drug-likeness (QED) is 0.721. The lowest BCUT2D eigenvalue weighted by molar-refractivity contribution is -0.925. The van der Waals surface area contributed by atoms with Crippen LogP contribution in [0.15, 0.2) is 57.7 Å². The van der Waals surface area contributed by atoms with E-state index in [9.17, 15) is 4.79 Å². The van der Waals surface area contributed by atoms with Gasteiger partial charge in [0.1, 0.15) is 18.7 Å². The molecule has 0 fully saturated rings. The Hall–Kier alpha value is -2.10. The number of rotatable bonds is 5. The van der Waals surface area contributed by atoms with E-state index in [0.717, 1.165) is 36.1 Å². The zero-order valence-electron chi connectivity index (χ0n) is 13.9. The number of hydrogen-bond acceptors (Lipinski definition) is 2. The van der Waals surface area contributed by atoms with Crippen LogP contribution in [0.5, 0.6) is 0 Å². The van der Waals surface area contributed by atoms with E-state index in [1.165, 1.54) is 10.5 Å². The maximum Gasteiger partial charge on any atom is 0.336 e. The van der Waals surface area contributed by atoms with Crippen molar-refractivity contribution in [3.8, 4) is 0 Å². The first kappa shape index (κ1) is 16.7. The number of halogens is 1. The average molecular weight is 343 g/mol. The minimum Gasteiger partial charge on any atom is -0.423 e. The van der Waals surface area contributed by atoms with Crippen molar-refractivity contribution in [3.05, 3.63) is 80.7 Å². The summed E-state index contributed by atoms with van der Waals surface area (Å²) in [7, 11) is 0. The Balaban J connectivity index is 1.96. The molecule has 0 aliphatic rings. The molecule has 0 aliphatic heterocycles. The van der Waals surface area contributed by atoms with Gasteiger partial charge in [0.2, 0.25) is 0 Å². The van der Waals surface area contributed by atoms with E-state index >= 15 is 0 Å². The van der Waals surface area contributed by atoms with E-state index in [0.29, 0.717) is 10.6 Å². The van der Waals surface area contributed by atoms with Gasteiger partial charge in [0.15, 0.2) is 0 Å². The summed E-state index contributed by atoms with van der Waals surface area (Å²) in [5.41, 5.74) is 3.48. The Morgan fingerprint density at radius 3 is 2.54 bits per heavy atom. The van der Waals surface area contributed by atoms with E-state index in [-0.39, 0.29) is 5.63 Å². The second-order valence-electron chi connectivity index (χ2n) is 6.13. The fraction of sp³-hybridized carbons (Fsp3) is 0.250. The molecule has 1 N–H and O–H groups in total. The number of quaternary nitrogens is 1. The second kappa shape index (κ2) is 7.20. The van der Waals surface area contributed by atoms with E-state index in [4.69, 9.17) is 16.0 Å². The highest BCUT2D eigenvalue weighted by atomic mass is 35.5. The normalized spacial score (nSPS) is 12.5. The zero-order valence-corrected chi connectivity index (χ0v) is 14.7. The Morgan fingerprint density at radius 1 is 1.08 bits per heavy atom. The van der Waals surface area contributed by atoms with Crippen molar-refractivity contribution < 1.29 is 9.32 Å². The molecule has 24 heavy (non-hydrogen) atoms. The summed E-state index contributed by atoms with van der Waals surface area (Å²) in [5, 5.41) is 1.61. The molecule has 0 saturated heterocycles. The average Bonchev–Trinajstić information content (AvgIpc) is 2.57. The first-order chi connectivity index (χ1) is 11.6. The molecule has 0 bridgehead atoms. The first-order valence-corrected chi connectivity index (χ1v) is 8.55. The monoisotopic (exact) mass is 342 g/mol. The summed E-state index contributed by atoms with van der Waals surface area (Å²) >= 11 is 6.27. The third-order valence-corrected chi connectivity index (χ3v) is 4.75. The first-order valence-electron chi connectivity index (χ1n) is 8.17. The lowest BCUT2D eigenvalue weighted by Gasteiger charge is -2.18. The molecule has 0 amide bonds. The van der Waals surface area contributed by atoms with Crippen LogP contribution in [-0.2, 0) is 13.1 Å². The summed E-state index contributed by atoms with van der Waals surface area (Å²) in [5.74, 6) is 0. The van der Waals surface area contributed by atoms with Gasteiger partial charge in [0, 0.05) is 27.6 Å². The SMILES string of the molecule is CC[NH+](Cc1ccccc1)Cc1cc(=O)oc2cc(C)c(Cl)cc12. The van der Waals surface area contributed by atoms with Crippen molar-refractivity contribution >= 4 is 22.6 Å². The van der Waals surface area contributed by atoms with Gasteiger partial charge in [-0.1, -0.05) is 41.9 Å². The van der Waals surface area contributed by atoms with Crippen molar-refractivity contribution in [1.29, 1.82) is 0 Å². The van der Waals surface area contributed by atoms with Crippen LogP contribution in [-0.4, -0.2) is 6.54 Å². The number of benzene rings is 2. The van der Waals surface area contributed by atoms with Crippen LogP contribution in [0.25, 0.3) is 11.0 Å². The Kier molecular flexibility index (Phi) is 5.03. The molecule has 3 nitrogen and oxygen atoms in total. The molecule has 4 heteroatoms. The fourth-order valence-electron chi connectivity index (χ4n) is 2.96. The second-order valence-corrected chi connectivity index (χ2v) is 6.54. The van der Waals surface area contributed by atoms with Gasteiger partial charge in [-0.3, -0.25) is 0 Å². The Bertz CT molecular complexity index is 903. The summed E-state index contributed by atoms with van der Waals surface area (Å²) in [4.78, 5) is 13.3. The molecule has 1 heterocycles. The van der Waals surface area contributed by atoms with Crippen LogP contribution in [0.1, 0.15) is 23.6 Å². The molecular formula is C20H21ClNO2+. The largest absolute Gasteiger partial charge is 0.423 e. The lowest BCUT2D eigenvalue weighted by Crippen LogP contribution is -3.09. The van der Waals surface area contributed by atoms with Crippen molar-refractivity contribution in [2.24, 2.45) is 0 Å². The van der Waals surface area contributed by atoms with Crippen molar-refractivity contribution in [2.75, 3.05) is 6.54 Å². The standard InChI is InChI=1S/C20H20ClNO2/c1-3-22(12-15-7-5-4-6-8-15)13-16-10-20(23)24-19-9-14(2)18(21)11-17(16)19/h4-11H,3,12-13H2,1-2H3/p+1. The van der Waals surface area contributed by atoms with Gasteiger partial charge in [0.05, 0.1) is 6.54 Å². The topological polar surface area (TPSA) is 34.7 Å². The Morgan fingerprint density at radius 2 is 1.83 bits per heavy atom. The van der Waals surface area contributed by atoms with Crippen LogP contribution in [0, 0.1) is 6.92 Å². The molecule has 0 aliphatic carbocycles. The van der Waals surface area contributed by atoms with Gasteiger partial charge >= 0.3 is 5.63 Å². The van der Waals surface area contributed by atoms with Gasteiger partial charge in [-0.25, -0.2) is 4.79 Å². The summed E-state index contributed by atoms with van der Waals surface area (Å²) in [6.45, 7) is 6.71. The van der Waals surface area contributed by atoms with Gasteiger partial charge < -0.3 is 9.32 Å². The third kappa shape index (κ3) is 3.69. The van der Waals surface area contributed by atoms with Crippen molar-refractivity contribution in [2.45, 2.75) is 26.9 Å². The van der Waals surface area contributed by atoms with Gasteiger partial charge in [0.25, 0.3) is 0 Å². The number of hydrogen-bond donors (Lipinski definition) is 1. The molecular weight excluding hydrogens is 322 g/mol. The molecule has 3 aromatic rings. The van der Waals surface area contributed by atoms with E-state index < -0.39 is 0 Å². The zero-order chi connectivity index (χ0) is 17.1. The van der Waals surface area contributed by atoms with Crippen LogP contribution >= 0.6 is 11.6 Å². The summed E-state index contributed by atoms with van der Waals surface area (Å²) < 4.78 is 5.35. The number of aryl methyl sites for hydroxylation is 1. The maximum atomic E-state index is 11.9. The molecule has 0 spiro atoms. The minimum atomic E-state index is -0.311. The summed E-state index contributed by atoms with van der Waals surface area (Å²) in [6, 6.07) is 15.7. The smallest absolute Gasteiger partial charge is 0.336 e. The predicted octanol–water partition coefficient (Wildman–Crippen LogP) is 3.36. The molecule has 1 aromatic heterocycles. The molecule has 1 unspecified atom stereocenters. The molecule has 3 rings (SSSR count). The highest BCUT2D eigenvalue weighted by Crippen LogP contribution is 2.24. The highest BCUT2D eigenvalue weighted by molar-refractivity contribution is 6.32. The van der Waals surface area contributed by atoms with E-state index in [2.05, 4.69) is 31.2 Å². The van der Waals surface area contributed by atoms with E-state index in [1.54, 1.807) is 6.07 Å². The maximum absolute atomic E-state index is 11.9. The number of fused-ring (bicyclic) bond motifs is 1. The number of nitrogens with one attached hydrogen (secondary N) is 1. The van der Waals surface area contributed by atoms with Crippen molar-refractivity contribution in [3.63, 3.8) is 0 Å². The fourth-order valence-corrected chi connectivity index (χ4v) is 3.12. The highest BCUT2D eigenvalue weighted by Gasteiger charge is 2.14. The predicted molar refractivity (Wildman–Crippen MR) is 97.6 cm³/mol. The minimum absolute atomic E-state index is 0.311. The third-order valence-electron chi connectivity index (χ3n) is 4.35.